The largest absolute Gasteiger partial charge is 0.321 e. The Labute approximate surface area is 91.7 Å². The van der Waals surface area contributed by atoms with Crippen molar-refractivity contribution < 1.29 is 0 Å². The Morgan fingerprint density at radius 3 is 2.93 bits per heavy atom. The van der Waals surface area contributed by atoms with Gasteiger partial charge < -0.3 is 5.73 Å². The van der Waals surface area contributed by atoms with Crippen LogP contribution in [-0.2, 0) is 12.1 Å². The number of nitrogens with zero attached hydrogens (tertiary/aromatic N) is 2. The summed E-state index contributed by atoms with van der Waals surface area (Å²) >= 11 is 0. The molecule has 2 rings (SSSR count). The summed E-state index contributed by atoms with van der Waals surface area (Å²) in [5.74, 6) is 0.806. The number of nitrogens with two attached hydrogens (primary N) is 1. The highest BCUT2D eigenvalue weighted by Gasteiger charge is 2.37. The smallest absolute Gasteiger partial charge is 0.0540 e. The van der Waals surface area contributed by atoms with Crippen LogP contribution in [0.25, 0.3) is 0 Å². The van der Waals surface area contributed by atoms with Crippen molar-refractivity contribution in [3.63, 3.8) is 0 Å². The Kier molecular flexibility index (Phi) is 2.83. The van der Waals surface area contributed by atoms with Gasteiger partial charge in [0, 0.05) is 23.8 Å². The highest BCUT2D eigenvalue weighted by Crippen LogP contribution is 2.41. The molecule has 1 saturated carbocycles. The fourth-order valence-electron chi connectivity index (χ4n) is 2.59. The maximum atomic E-state index is 6.46. The van der Waals surface area contributed by atoms with E-state index in [2.05, 4.69) is 25.1 Å². The highest BCUT2D eigenvalue weighted by molar-refractivity contribution is 5.19. The van der Waals surface area contributed by atoms with Gasteiger partial charge in [-0.05, 0) is 32.1 Å². The molecular formula is C12H21N3. The van der Waals surface area contributed by atoms with Crippen molar-refractivity contribution >= 4 is 0 Å². The SMILES string of the molecule is CCC1CCC(N)(c2cnn(CC)c2)C1. The predicted molar refractivity (Wildman–Crippen MR) is 61.4 cm³/mol. The molecule has 1 heterocycles. The van der Waals surface area contributed by atoms with E-state index in [0.717, 1.165) is 25.3 Å². The summed E-state index contributed by atoms with van der Waals surface area (Å²) < 4.78 is 1.96. The second kappa shape index (κ2) is 3.97. The van der Waals surface area contributed by atoms with Gasteiger partial charge >= 0.3 is 0 Å². The fourth-order valence-corrected chi connectivity index (χ4v) is 2.59. The molecule has 15 heavy (non-hydrogen) atoms. The summed E-state index contributed by atoms with van der Waals surface area (Å²) in [7, 11) is 0. The monoisotopic (exact) mass is 207 g/mol. The van der Waals surface area contributed by atoms with Crippen molar-refractivity contribution in [1.82, 2.24) is 9.78 Å². The molecule has 0 amide bonds. The van der Waals surface area contributed by atoms with Crippen molar-refractivity contribution in [3.05, 3.63) is 18.0 Å². The molecule has 2 atom stereocenters. The molecule has 0 radical (unpaired) electrons. The molecule has 0 aromatic carbocycles. The lowest BCUT2D eigenvalue weighted by Gasteiger charge is -2.22. The van der Waals surface area contributed by atoms with E-state index in [4.69, 9.17) is 5.73 Å². The maximum Gasteiger partial charge on any atom is 0.0540 e. The molecule has 1 fully saturated rings. The van der Waals surface area contributed by atoms with Gasteiger partial charge in [0.25, 0.3) is 0 Å². The minimum atomic E-state index is -0.103. The van der Waals surface area contributed by atoms with Crippen LogP contribution >= 0.6 is 0 Å². The Morgan fingerprint density at radius 1 is 1.60 bits per heavy atom. The molecule has 0 spiro atoms. The first kappa shape index (κ1) is 10.7. The number of hydrogen-bond donors (Lipinski definition) is 1. The minimum absolute atomic E-state index is 0.103. The van der Waals surface area contributed by atoms with Gasteiger partial charge in [-0.25, -0.2) is 0 Å². The zero-order chi connectivity index (χ0) is 10.9. The van der Waals surface area contributed by atoms with Gasteiger partial charge in [0.1, 0.15) is 0 Å². The zero-order valence-corrected chi connectivity index (χ0v) is 9.74. The van der Waals surface area contributed by atoms with E-state index < -0.39 is 0 Å². The van der Waals surface area contributed by atoms with Crippen molar-refractivity contribution in [1.29, 1.82) is 0 Å². The lowest BCUT2D eigenvalue weighted by Crippen LogP contribution is -2.33. The van der Waals surface area contributed by atoms with Crippen LogP contribution in [-0.4, -0.2) is 9.78 Å². The lowest BCUT2D eigenvalue weighted by atomic mass is 9.90. The summed E-state index contributed by atoms with van der Waals surface area (Å²) in [5.41, 5.74) is 7.58. The summed E-state index contributed by atoms with van der Waals surface area (Å²) in [6.45, 7) is 5.28. The standard InChI is InChI=1S/C12H21N3/c1-3-10-5-6-12(13,7-10)11-8-14-15(4-2)9-11/h8-10H,3-7,13H2,1-2H3. The van der Waals surface area contributed by atoms with Crippen molar-refractivity contribution in [2.24, 2.45) is 11.7 Å². The molecule has 84 valence electrons. The average molecular weight is 207 g/mol. The van der Waals surface area contributed by atoms with E-state index in [-0.39, 0.29) is 5.54 Å². The Bertz CT molecular complexity index is 331. The Hall–Kier alpha value is -0.830. The van der Waals surface area contributed by atoms with Gasteiger partial charge in [0.15, 0.2) is 0 Å². The number of hydrogen-bond acceptors (Lipinski definition) is 2. The Morgan fingerprint density at radius 2 is 2.40 bits per heavy atom. The second-order valence-corrected chi connectivity index (χ2v) is 4.76. The first-order chi connectivity index (χ1) is 7.18. The molecule has 2 N–H and O–H groups in total. The van der Waals surface area contributed by atoms with Crippen LogP contribution in [0.1, 0.15) is 45.1 Å². The van der Waals surface area contributed by atoms with Crippen LogP contribution in [0.3, 0.4) is 0 Å². The van der Waals surface area contributed by atoms with Gasteiger partial charge in [0.05, 0.1) is 6.20 Å². The third kappa shape index (κ3) is 1.93. The molecule has 3 nitrogen and oxygen atoms in total. The number of rotatable bonds is 3. The third-order valence-corrected chi connectivity index (χ3v) is 3.76. The zero-order valence-electron chi connectivity index (χ0n) is 9.74. The van der Waals surface area contributed by atoms with Gasteiger partial charge in [-0.15, -0.1) is 0 Å². The van der Waals surface area contributed by atoms with E-state index in [0.29, 0.717) is 0 Å². The number of aromatic nitrogens is 2. The molecule has 1 aliphatic carbocycles. The van der Waals surface area contributed by atoms with Gasteiger partial charge in [-0.1, -0.05) is 13.3 Å². The second-order valence-electron chi connectivity index (χ2n) is 4.76. The molecule has 1 aromatic rings. The molecule has 0 saturated heterocycles. The van der Waals surface area contributed by atoms with Gasteiger partial charge in [0.2, 0.25) is 0 Å². The van der Waals surface area contributed by atoms with Crippen molar-refractivity contribution in [3.8, 4) is 0 Å². The molecule has 0 bridgehead atoms. The molecule has 1 aromatic heterocycles. The molecule has 2 unspecified atom stereocenters. The summed E-state index contributed by atoms with van der Waals surface area (Å²) in [6, 6.07) is 0. The molecular weight excluding hydrogens is 186 g/mol. The first-order valence-corrected chi connectivity index (χ1v) is 5.99. The molecule has 0 aliphatic heterocycles. The summed E-state index contributed by atoms with van der Waals surface area (Å²) in [6.07, 6.45) is 8.81. The molecule has 1 aliphatic rings. The van der Waals surface area contributed by atoms with Crippen LogP contribution in [0, 0.1) is 5.92 Å². The van der Waals surface area contributed by atoms with Gasteiger partial charge in [-0.3, -0.25) is 4.68 Å². The molecule has 3 heteroatoms. The first-order valence-electron chi connectivity index (χ1n) is 5.99. The fraction of sp³-hybridized carbons (Fsp3) is 0.750. The van der Waals surface area contributed by atoms with E-state index in [1.807, 2.05) is 10.9 Å². The van der Waals surface area contributed by atoms with Crippen molar-refractivity contribution in [2.75, 3.05) is 0 Å². The van der Waals surface area contributed by atoms with Crippen LogP contribution in [0.2, 0.25) is 0 Å². The normalized spacial score (nSPS) is 31.0. The third-order valence-electron chi connectivity index (χ3n) is 3.76. The Balaban J connectivity index is 2.16. The minimum Gasteiger partial charge on any atom is -0.321 e. The quantitative estimate of drug-likeness (QED) is 0.826. The van der Waals surface area contributed by atoms with E-state index >= 15 is 0 Å². The van der Waals surface area contributed by atoms with E-state index in [1.54, 1.807) is 0 Å². The predicted octanol–water partition coefficient (Wildman–Crippen LogP) is 2.27. The van der Waals surface area contributed by atoms with Crippen molar-refractivity contribution in [2.45, 2.75) is 51.6 Å². The highest BCUT2D eigenvalue weighted by atomic mass is 15.3. The lowest BCUT2D eigenvalue weighted by molar-refractivity contribution is 0.424. The number of aryl methyl sites for hydroxylation is 1. The topological polar surface area (TPSA) is 43.8 Å². The van der Waals surface area contributed by atoms with Gasteiger partial charge in [-0.2, -0.15) is 5.10 Å². The van der Waals surface area contributed by atoms with Crippen LogP contribution in [0.4, 0.5) is 0 Å². The average Bonchev–Trinajstić information content (AvgIpc) is 2.84. The maximum absolute atomic E-state index is 6.46. The summed E-state index contributed by atoms with van der Waals surface area (Å²) in [4.78, 5) is 0. The summed E-state index contributed by atoms with van der Waals surface area (Å²) in [5, 5.41) is 4.31. The van der Waals surface area contributed by atoms with Crippen LogP contribution < -0.4 is 5.73 Å². The van der Waals surface area contributed by atoms with E-state index in [1.165, 1.54) is 18.4 Å². The van der Waals surface area contributed by atoms with E-state index in [9.17, 15) is 0 Å². The van der Waals surface area contributed by atoms with Crippen LogP contribution in [0.5, 0.6) is 0 Å². The van der Waals surface area contributed by atoms with Crippen LogP contribution in [0.15, 0.2) is 12.4 Å².